The monoisotopic (exact) mass is 699 g/mol. The number of nitrogens with zero attached hydrogens (tertiary/aromatic N) is 5. The summed E-state index contributed by atoms with van der Waals surface area (Å²) in [5.41, 5.74) is 12.3. The van der Waals surface area contributed by atoms with Crippen molar-refractivity contribution in [3.8, 4) is 40.3 Å². The van der Waals surface area contributed by atoms with Crippen molar-refractivity contribution in [1.29, 1.82) is 10.5 Å². The molecule has 5 heteroatoms. The summed E-state index contributed by atoms with van der Waals surface area (Å²) in [4.78, 5) is 0. The second kappa shape index (κ2) is 11.8. The fourth-order valence-electron chi connectivity index (χ4n) is 8.81. The first-order valence-electron chi connectivity index (χ1n) is 18.3. The maximum Gasteiger partial charge on any atom is 0.101 e. The van der Waals surface area contributed by atoms with Gasteiger partial charge in [0.05, 0.1) is 67.4 Å². The van der Waals surface area contributed by atoms with E-state index in [0.717, 1.165) is 82.8 Å². The van der Waals surface area contributed by atoms with E-state index in [1.165, 1.54) is 10.8 Å². The van der Waals surface area contributed by atoms with Gasteiger partial charge in [0.2, 0.25) is 0 Å². The Kier molecular flexibility index (Phi) is 6.61. The summed E-state index contributed by atoms with van der Waals surface area (Å²) in [6.45, 7) is 0. The Morgan fingerprint density at radius 1 is 0.345 bits per heavy atom. The molecular formula is C50H29N5. The van der Waals surface area contributed by atoms with Gasteiger partial charge in [0.25, 0.3) is 0 Å². The van der Waals surface area contributed by atoms with Gasteiger partial charge in [0, 0.05) is 37.9 Å². The van der Waals surface area contributed by atoms with Crippen LogP contribution in [0.1, 0.15) is 11.1 Å². The molecule has 0 saturated carbocycles. The zero-order valence-electron chi connectivity index (χ0n) is 29.5. The van der Waals surface area contributed by atoms with Gasteiger partial charge in [-0.2, -0.15) is 10.5 Å². The molecule has 0 aliphatic rings. The highest BCUT2D eigenvalue weighted by Gasteiger charge is 2.22. The highest BCUT2D eigenvalue weighted by atomic mass is 15.1. The molecular weight excluding hydrogens is 671 g/mol. The Morgan fingerprint density at radius 2 is 0.855 bits per heavy atom. The Hall–Kier alpha value is -7.86. The zero-order valence-corrected chi connectivity index (χ0v) is 29.5. The van der Waals surface area contributed by atoms with Crippen LogP contribution in [0.25, 0.3) is 93.6 Å². The topological polar surface area (TPSA) is 62.4 Å². The molecule has 0 saturated heterocycles. The van der Waals surface area contributed by atoms with Gasteiger partial charge in [-0.15, -0.1) is 0 Å². The molecule has 0 aliphatic carbocycles. The van der Waals surface area contributed by atoms with Crippen LogP contribution in [-0.4, -0.2) is 13.7 Å². The number of rotatable bonds is 4. The molecule has 11 aromatic rings. The first kappa shape index (κ1) is 30.7. The molecule has 5 nitrogen and oxygen atoms in total. The van der Waals surface area contributed by atoms with Crippen LogP contribution < -0.4 is 0 Å². The third-order valence-electron chi connectivity index (χ3n) is 11.1. The van der Waals surface area contributed by atoms with E-state index >= 15 is 0 Å². The number of hydrogen-bond donors (Lipinski definition) is 0. The van der Waals surface area contributed by atoms with Gasteiger partial charge in [-0.05, 0) is 66.2 Å². The van der Waals surface area contributed by atoms with E-state index in [-0.39, 0.29) is 0 Å². The average Bonchev–Trinajstić information content (AvgIpc) is 3.89. The molecule has 254 valence electrons. The fraction of sp³-hybridized carbons (Fsp3) is 0. The zero-order chi connectivity index (χ0) is 36.6. The van der Waals surface area contributed by atoms with Gasteiger partial charge >= 0.3 is 0 Å². The van der Waals surface area contributed by atoms with Gasteiger partial charge < -0.3 is 13.7 Å². The summed E-state index contributed by atoms with van der Waals surface area (Å²) < 4.78 is 6.88. The van der Waals surface area contributed by atoms with Crippen LogP contribution in [0.2, 0.25) is 0 Å². The fourth-order valence-corrected chi connectivity index (χ4v) is 8.81. The third kappa shape index (κ3) is 4.39. The number of nitriles is 2. The second-order valence-corrected chi connectivity index (χ2v) is 14.0. The van der Waals surface area contributed by atoms with E-state index in [2.05, 4.69) is 159 Å². The minimum Gasteiger partial charge on any atom is -0.309 e. The van der Waals surface area contributed by atoms with Crippen molar-refractivity contribution in [3.05, 3.63) is 187 Å². The molecule has 0 atom stereocenters. The van der Waals surface area contributed by atoms with Crippen LogP contribution in [0, 0.1) is 22.7 Å². The average molecular weight is 700 g/mol. The minimum atomic E-state index is 0.570. The number of aromatic nitrogens is 3. The lowest BCUT2D eigenvalue weighted by Gasteiger charge is -2.17. The maximum atomic E-state index is 11.0. The highest BCUT2D eigenvalue weighted by molar-refractivity contribution is 6.15. The molecule has 0 spiro atoms. The summed E-state index contributed by atoms with van der Waals surface area (Å²) in [6, 6.07) is 65.8. The lowest BCUT2D eigenvalue weighted by atomic mass is 10.00. The SMILES string of the molecule is N#Cc1ccc2c3ccccc3n(-c3ccccc3-c3ccc(-n4c5ccccc5c5cccc(-n6c7ccccc7c7ccccc76)c54)c(C#N)c3)c2c1. The van der Waals surface area contributed by atoms with Crippen LogP contribution in [-0.2, 0) is 0 Å². The standard InChI is InChI=1S/C50H29N5/c51-30-32-24-26-40-38-15-4-9-21-46(38)54(49(40)28-32)43-18-6-1-12-35(43)33-25-27-42(34(29-33)31-52)55-47-22-10-5-16-39(47)41-17-11-23-48(50(41)55)53-44-19-7-2-13-36(44)37-14-3-8-20-45(37)53/h1-29H. The van der Waals surface area contributed by atoms with E-state index in [9.17, 15) is 10.5 Å². The van der Waals surface area contributed by atoms with E-state index in [0.29, 0.717) is 11.1 Å². The van der Waals surface area contributed by atoms with Gasteiger partial charge in [-0.25, -0.2) is 0 Å². The van der Waals surface area contributed by atoms with E-state index in [1.54, 1.807) is 0 Å². The first-order valence-corrected chi connectivity index (χ1v) is 18.3. The van der Waals surface area contributed by atoms with Crippen molar-refractivity contribution in [1.82, 2.24) is 13.7 Å². The van der Waals surface area contributed by atoms with Crippen molar-refractivity contribution < 1.29 is 0 Å². The summed E-state index contributed by atoms with van der Waals surface area (Å²) in [5, 5.41) is 27.6. The summed E-state index contributed by atoms with van der Waals surface area (Å²) in [6.07, 6.45) is 0. The van der Waals surface area contributed by atoms with Crippen molar-refractivity contribution in [2.24, 2.45) is 0 Å². The molecule has 3 heterocycles. The molecule has 11 rings (SSSR count). The quantitative estimate of drug-likeness (QED) is 0.184. The number of benzene rings is 8. The van der Waals surface area contributed by atoms with E-state index in [4.69, 9.17) is 0 Å². The molecule has 0 aliphatic heterocycles. The number of fused-ring (bicyclic) bond motifs is 9. The molecule has 8 aromatic carbocycles. The van der Waals surface area contributed by atoms with Gasteiger partial charge in [-0.1, -0.05) is 115 Å². The predicted molar refractivity (Wildman–Crippen MR) is 224 cm³/mol. The molecule has 0 fully saturated rings. The van der Waals surface area contributed by atoms with Crippen LogP contribution in [0.5, 0.6) is 0 Å². The largest absolute Gasteiger partial charge is 0.309 e. The van der Waals surface area contributed by atoms with Crippen LogP contribution in [0.15, 0.2) is 176 Å². The lowest BCUT2D eigenvalue weighted by molar-refractivity contribution is 1.12. The lowest BCUT2D eigenvalue weighted by Crippen LogP contribution is -2.03. The van der Waals surface area contributed by atoms with E-state index < -0.39 is 0 Å². The maximum absolute atomic E-state index is 11.0. The van der Waals surface area contributed by atoms with Crippen LogP contribution in [0.3, 0.4) is 0 Å². The number of para-hydroxylation sites is 6. The normalized spacial score (nSPS) is 11.6. The van der Waals surface area contributed by atoms with Crippen LogP contribution >= 0.6 is 0 Å². The van der Waals surface area contributed by atoms with Gasteiger partial charge in [-0.3, -0.25) is 0 Å². The molecule has 0 N–H and O–H groups in total. The molecule has 0 amide bonds. The number of hydrogen-bond acceptors (Lipinski definition) is 2. The first-order chi connectivity index (χ1) is 27.2. The van der Waals surface area contributed by atoms with Crippen molar-refractivity contribution in [3.63, 3.8) is 0 Å². The Bertz CT molecular complexity index is 3420. The molecule has 0 radical (unpaired) electrons. The van der Waals surface area contributed by atoms with Crippen molar-refractivity contribution in [2.45, 2.75) is 0 Å². The van der Waals surface area contributed by atoms with Crippen molar-refractivity contribution in [2.75, 3.05) is 0 Å². The minimum absolute atomic E-state index is 0.570. The van der Waals surface area contributed by atoms with Gasteiger partial charge in [0.1, 0.15) is 6.07 Å². The van der Waals surface area contributed by atoms with E-state index in [1.807, 2.05) is 42.5 Å². The predicted octanol–water partition coefficient (Wildman–Crippen LogP) is 12.4. The van der Waals surface area contributed by atoms with Crippen LogP contribution in [0.4, 0.5) is 0 Å². The smallest absolute Gasteiger partial charge is 0.101 e. The highest BCUT2D eigenvalue weighted by Crippen LogP contribution is 2.42. The van der Waals surface area contributed by atoms with Crippen molar-refractivity contribution >= 4 is 65.4 Å². The Balaban J connectivity index is 1.17. The molecule has 0 bridgehead atoms. The molecule has 0 unspecified atom stereocenters. The molecule has 3 aromatic heterocycles. The summed E-state index contributed by atoms with van der Waals surface area (Å²) >= 11 is 0. The summed E-state index contributed by atoms with van der Waals surface area (Å²) in [5.74, 6) is 0. The Labute approximate surface area is 316 Å². The Morgan fingerprint density at radius 3 is 1.49 bits per heavy atom. The second-order valence-electron chi connectivity index (χ2n) is 14.0. The third-order valence-corrected chi connectivity index (χ3v) is 11.1. The van der Waals surface area contributed by atoms with Gasteiger partial charge in [0.15, 0.2) is 0 Å². The summed E-state index contributed by atoms with van der Waals surface area (Å²) in [7, 11) is 0. The molecule has 55 heavy (non-hydrogen) atoms.